The molecule has 4 nitrogen and oxygen atoms in total. The molecule has 0 saturated carbocycles. The van der Waals surface area contributed by atoms with E-state index in [9.17, 15) is 0 Å². The van der Waals surface area contributed by atoms with Crippen molar-refractivity contribution in [3.05, 3.63) is 71.3 Å². The van der Waals surface area contributed by atoms with E-state index in [1.54, 1.807) is 0 Å². The lowest BCUT2D eigenvalue weighted by molar-refractivity contribution is 0.106. The first-order valence-electron chi connectivity index (χ1n) is 8.47. The highest BCUT2D eigenvalue weighted by atomic mass is 127. The van der Waals surface area contributed by atoms with Gasteiger partial charge in [0.2, 0.25) is 0 Å². The first kappa shape index (κ1) is 22.0. The first-order valence-corrected chi connectivity index (χ1v) is 8.47. The molecule has 2 N–H and O–H groups in total. The summed E-state index contributed by atoms with van der Waals surface area (Å²) in [5.41, 5.74) is 3.47. The Morgan fingerprint density at radius 1 is 1.00 bits per heavy atom. The molecule has 138 valence electrons. The Morgan fingerprint density at radius 2 is 1.69 bits per heavy atom. The zero-order valence-electron chi connectivity index (χ0n) is 15.1. The van der Waals surface area contributed by atoms with Crippen molar-refractivity contribution in [1.82, 2.24) is 10.6 Å². The van der Waals surface area contributed by atoms with Crippen LogP contribution in [0.4, 0.5) is 0 Å². The summed E-state index contributed by atoms with van der Waals surface area (Å²) in [6, 6.07) is 18.4. The second-order valence-electron chi connectivity index (χ2n) is 5.50. The number of terminal acetylenes is 1. The number of ether oxygens (including phenoxy) is 1. The van der Waals surface area contributed by atoms with Crippen LogP contribution in [-0.2, 0) is 24.5 Å². The zero-order valence-corrected chi connectivity index (χ0v) is 17.4. The van der Waals surface area contributed by atoms with Crippen LogP contribution in [0.2, 0.25) is 0 Å². The van der Waals surface area contributed by atoms with Crippen molar-refractivity contribution >= 4 is 29.9 Å². The molecule has 0 bridgehead atoms. The van der Waals surface area contributed by atoms with Gasteiger partial charge in [0.1, 0.15) is 0 Å². The van der Waals surface area contributed by atoms with E-state index in [2.05, 4.69) is 45.8 Å². The highest BCUT2D eigenvalue weighted by molar-refractivity contribution is 14.0. The van der Waals surface area contributed by atoms with Gasteiger partial charge in [0.15, 0.2) is 5.96 Å². The Kier molecular flexibility index (Phi) is 11.2. The third-order valence-corrected chi connectivity index (χ3v) is 3.60. The number of nitrogens with zero attached hydrogens (tertiary/aromatic N) is 1. The van der Waals surface area contributed by atoms with Gasteiger partial charge in [0.25, 0.3) is 0 Å². The largest absolute Gasteiger partial charge is 0.372 e. The molecule has 0 amide bonds. The summed E-state index contributed by atoms with van der Waals surface area (Å²) in [6.07, 6.45) is 5.30. The molecule has 0 fully saturated rings. The Hall–Kier alpha value is -2.04. The summed E-state index contributed by atoms with van der Waals surface area (Å²) in [5.74, 6) is 3.28. The number of guanidine groups is 1. The van der Waals surface area contributed by atoms with Gasteiger partial charge in [0, 0.05) is 6.54 Å². The summed E-state index contributed by atoms with van der Waals surface area (Å²) >= 11 is 0. The van der Waals surface area contributed by atoms with Crippen LogP contribution in [-0.4, -0.2) is 19.0 Å². The number of halogens is 1. The lowest BCUT2D eigenvalue weighted by Crippen LogP contribution is -2.37. The van der Waals surface area contributed by atoms with Crippen LogP contribution in [0.5, 0.6) is 0 Å². The maximum atomic E-state index is 5.86. The molecule has 2 aromatic carbocycles. The van der Waals surface area contributed by atoms with E-state index in [4.69, 9.17) is 11.2 Å². The van der Waals surface area contributed by atoms with Crippen molar-refractivity contribution in [2.24, 2.45) is 4.99 Å². The van der Waals surface area contributed by atoms with Crippen molar-refractivity contribution in [3.63, 3.8) is 0 Å². The number of hydrogen-bond donors (Lipinski definition) is 2. The van der Waals surface area contributed by atoms with Crippen molar-refractivity contribution in [2.75, 3.05) is 13.1 Å². The molecule has 0 radical (unpaired) electrons. The van der Waals surface area contributed by atoms with Crippen LogP contribution in [0.1, 0.15) is 23.6 Å². The molecule has 0 saturated heterocycles. The molecule has 0 aliphatic rings. The van der Waals surface area contributed by atoms with E-state index >= 15 is 0 Å². The third kappa shape index (κ3) is 7.89. The van der Waals surface area contributed by atoms with Gasteiger partial charge in [-0.2, -0.15) is 0 Å². The quantitative estimate of drug-likeness (QED) is 0.272. The van der Waals surface area contributed by atoms with Crippen LogP contribution < -0.4 is 10.6 Å². The number of nitrogens with one attached hydrogen (secondary N) is 2. The first-order chi connectivity index (χ1) is 12.3. The molecule has 0 aliphatic carbocycles. The minimum absolute atomic E-state index is 0. The third-order valence-electron chi connectivity index (χ3n) is 3.60. The maximum absolute atomic E-state index is 5.86. The van der Waals surface area contributed by atoms with E-state index < -0.39 is 0 Å². The molecule has 5 heteroatoms. The maximum Gasteiger partial charge on any atom is 0.192 e. The van der Waals surface area contributed by atoms with Crippen LogP contribution in [0.25, 0.3) is 0 Å². The monoisotopic (exact) mass is 463 g/mol. The number of aliphatic imine (C=N–C) groups is 1. The average molecular weight is 463 g/mol. The van der Waals surface area contributed by atoms with Crippen LogP contribution in [0.3, 0.4) is 0 Å². The highest BCUT2D eigenvalue weighted by Gasteiger charge is 2.03. The predicted molar refractivity (Wildman–Crippen MR) is 118 cm³/mol. The van der Waals surface area contributed by atoms with Gasteiger partial charge in [0.05, 0.1) is 26.3 Å². The van der Waals surface area contributed by atoms with Gasteiger partial charge < -0.3 is 15.4 Å². The van der Waals surface area contributed by atoms with Crippen LogP contribution in [0.15, 0.2) is 59.6 Å². The van der Waals surface area contributed by atoms with Crippen molar-refractivity contribution in [3.8, 4) is 12.3 Å². The second kappa shape index (κ2) is 13.2. The fourth-order valence-corrected chi connectivity index (χ4v) is 2.35. The minimum atomic E-state index is 0. The number of rotatable bonds is 8. The smallest absolute Gasteiger partial charge is 0.192 e. The topological polar surface area (TPSA) is 45.7 Å². The lowest BCUT2D eigenvalue weighted by atomic mass is 10.1. The van der Waals surface area contributed by atoms with Crippen LogP contribution in [0, 0.1) is 12.3 Å². The Labute approximate surface area is 173 Å². The summed E-state index contributed by atoms with van der Waals surface area (Å²) in [7, 11) is 0. The summed E-state index contributed by atoms with van der Waals surface area (Å²) < 4.78 is 5.86. The molecule has 2 aromatic rings. The summed E-state index contributed by atoms with van der Waals surface area (Å²) in [6.45, 7) is 5.01. The van der Waals surface area contributed by atoms with Gasteiger partial charge in [-0.05, 0) is 23.6 Å². The average Bonchev–Trinajstić information content (AvgIpc) is 2.66. The Morgan fingerprint density at radius 3 is 2.38 bits per heavy atom. The summed E-state index contributed by atoms with van der Waals surface area (Å²) in [4.78, 5) is 4.59. The number of benzene rings is 2. The molecular weight excluding hydrogens is 437 g/mol. The van der Waals surface area contributed by atoms with Crippen molar-refractivity contribution < 1.29 is 4.74 Å². The lowest BCUT2D eigenvalue weighted by Gasteiger charge is -2.11. The standard InChI is InChI=1S/C21H25N3O.HI/c1-3-14-23-21(22-4-2)24-15-19-12-8-9-13-20(19)17-25-16-18-10-6-5-7-11-18;/h1,5-13H,4,14-17H2,2H3,(H2,22,23,24);1H. The molecule has 0 spiro atoms. The molecule has 0 heterocycles. The van der Waals surface area contributed by atoms with Gasteiger partial charge >= 0.3 is 0 Å². The van der Waals surface area contributed by atoms with Gasteiger partial charge in [-0.3, -0.25) is 0 Å². The van der Waals surface area contributed by atoms with Crippen LogP contribution >= 0.6 is 24.0 Å². The van der Waals surface area contributed by atoms with E-state index in [1.807, 2.05) is 37.3 Å². The fourth-order valence-electron chi connectivity index (χ4n) is 2.35. The minimum Gasteiger partial charge on any atom is -0.372 e. The molecule has 0 aromatic heterocycles. The fraction of sp³-hybridized carbons (Fsp3) is 0.286. The van der Waals surface area contributed by atoms with E-state index in [0.29, 0.717) is 26.3 Å². The summed E-state index contributed by atoms with van der Waals surface area (Å²) in [5, 5.41) is 6.28. The Balaban J connectivity index is 0.00000338. The molecule has 2 rings (SSSR count). The Bertz CT molecular complexity index is 711. The van der Waals surface area contributed by atoms with E-state index in [-0.39, 0.29) is 24.0 Å². The second-order valence-corrected chi connectivity index (χ2v) is 5.50. The predicted octanol–water partition coefficient (Wildman–Crippen LogP) is 3.71. The normalized spacial score (nSPS) is 10.5. The molecule has 0 atom stereocenters. The van der Waals surface area contributed by atoms with Gasteiger partial charge in [-0.25, -0.2) is 4.99 Å². The SMILES string of the molecule is C#CCNC(=NCc1ccccc1COCc1ccccc1)NCC.I. The van der Waals surface area contributed by atoms with Crippen molar-refractivity contribution in [2.45, 2.75) is 26.7 Å². The van der Waals surface area contributed by atoms with E-state index in [1.165, 1.54) is 5.56 Å². The highest BCUT2D eigenvalue weighted by Crippen LogP contribution is 2.13. The molecule has 0 unspecified atom stereocenters. The number of hydrogen-bond acceptors (Lipinski definition) is 2. The molecule has 0 aliphatic heterocycles. The molecule has 26 heavy (non-hydrogen) atoms. The van der Waals surface area contributed by atoms with Crippen molar-refractivity contribution in [1.29, 1.82) is 0 Å². The van der Waals surface area contributed by atoms with Gasteiger partial charge in [-0.15, -0.1) is 30.4 Å². The van der Waals surface area contributed by atoms with E-state index in [0.717, 1.165) is 23.6 Å². The van der Waals surface area contributed by atoms with Gasteiger partial charge in [-0.1, -0.05) is 60.5 Å². The molecular formula is C21H26IN3O. The zero-order chi connectivity index (χ0) is 17.7.